The van der Waals surface area contributed by atoms with Gasteiger partial charge in [-0.3, -0.25) is 9.48 Å². The molecule has 1 heterocycles. The van der Waals surface area contributed by atoms with Crippen molar-refractivity contribution in [3.8, 4) is 0 Å². The van der Waals surface area contributed by atoms with Crippen LogP contribution in [0.25, 0.3) is 0 Å². The van der Waals surface area contributed by atoms with Crippen LogP contribution in [-0.4, -0.2) is 20.9 Å². The highest BCUT2D eigenvalue weighted by Crippen LogP contribution is 2.29. The first-order valence-corrected chi connectivity index (χ1v) is 5.67. The van der Waals surface area contributed by atoms with Crippen LogP contribution in [0.3, 0.4) is 0 Å². The summed E-state index contributed by atoms with van der Waals surface area (Å²) in [6, 6.07) is -0.580. The number of carboxylic acids is 1. The summed E-state index contributed by atoms with van der Waals surface area (Å²) < 4.78 is 27.1. The zero-order valence-electron chi connectivity index (χ0n) is 8.75. The molecule has 0 fully saturated rings. The minimum atomic E-state index is -2.65. The normalized spacial score (nSPS) is 13.1. The number of hydrogen-bond acceptors (Lipinski definition) is 2. The van der Waals surface area contributed by atoms with E-state index in [1.54, 1.807) is 36.4 Å². The maximum atomic E-state index is 12.8. The average molecular weight is 344 g/mol. The second kappa shape index (κ2) is 5.07. The topological polar surface area (TPSA) is 55.1 Å². The Bertz CT molecular complexity index is 406. The quantitative estimate of drug-likeness (QED) is 0.855. The van der Waals surface area contributed by atoms with Crippen LogP contribution in [-0.2, 0) is 4.79 Å². The maximum Gasteiger partial charge on any atom is 0.305 e. The molecule has 1 N–H and O–H groups in total. The molecule has 0 aliphatic heterocycles. The molecule has 16 heavy (non-hydrogen) atoms. The van der Waals surface area contributed by atoms with Gasteiger partial charge >= 0.3 is 5.97 Å². The first-order chi connectivity index (χ1) is 7.34. The van der Waals surface area contributed by atoms with Gasteiger partial charge in [0.15, 0.2) is 0 Å². The van der Waals surface area contributed by atoms with E-state index in [1.165, 1.54) is 0 Å². The lowest BCUT2D eigenvalue weighted by Crippen LogP contribution is -2.15. The van der Waals surface area contributed by atoms with Crippen molar-refractivity contribution in [1.82, 2.24) is 9.78 Å². The predicted molar refractivity (Wildman–Crippen MR) is 61.6 cm³/mol. The van der Waals surface area contributed by atoms with Gasteiger partial charge in [-0.2, -0.15) is 5.10 Å². The third-order valence-corrected chi connectivity index (χ3v) is 3.47. The Hall–Kier alpha value is -0.730. The summed E-state index contributed by atoms with van der Waals surface area (Å²) >= 11 is 1.80. The second-order valence-corrected chi connectivity index (χ2v) is 4.56. The van der Waals surface area contributed by atoms with Gasteiger partial charge in [-0.25, -0.2) is 8.78 Å². The number of hydrogen-bond donors (Lipinski definition) is 1. The third-order valence-electron chi connectivity index (χ3n) is 2.14. The molecule has 1 aromatic rings. The van der Waals surface area contributed by atoms with Gasteiger partial charge in [0.1, 0.15) is 5.69 Å². The molecule has 0 saturated carbocycles. The molecule has 0 aromatic carbocycles. The van der Waals surface area contributed by atoms with Gasteiger partial charge in [0.25, 0.3) is 6.43 Å². The molecular formula is C9H11F2IN2O2. The van der Waals surface area contributed by atoms with Gasteiger partial charge < -0.3 is 5.11 Å². The van der Waals surface area contributed by atoms with Gasteiger partial charge in [0.05, 0.1) is 21.7 Å². The Balaban J connectivity index is 3.12. The molecule has 0 saturated heterocycles. The van der Waals surface area contributed by atoms with Crippen LogP contribution in [0.4, 0.5) is 8.78 Å². The number of aromatic nitrogens is 2. The number of rotatable bonds is 4. The molecule has 1 rings (SSSR count). The summed E-state index contributed by atoms with van der Waals surface area (Å²) in [5, 5.41) is 12.6. The molecule has 0 amide bonds. The molecule has 1 aromatic heterocycles. The smallest absolute Gasteiger partial charge is 0.305 e. The molecular weight excluding hydrogens is 333 g/mol. The van der Waals surface area contributed by atoms with Gasteiger partial charge in [-0.05, 0) is 36.4 Å². The molecule has 4 nitrogen and oxygen atoms in total. The zero-order chi connectivity index (χ0) is 12.5. The van der Waals surface area contributed by atoms with E-state index in [1.807, 2.05) is 0 Å². The van der Waals surface area contributed by atoms with Crippen LogP contribution in [0.2, 0.25) is 0 Å². The van der Waals surface area contributed by atoms with Crippen molar-refractivity contribution in [3.05, 3.63) is 15.0 Å². The number of aryl methyl sites for hydroxylation is 1. The van der Waals surface area contributed by atoms with Crippen LogP contribution in [0.5, 0.6) is 0 Å². The number of nitrogens with zero attached hydrogens (tertiary/aromatic N) is 2. The molecule has 0 aliphatic carbocycles. The molecule has 0 spiro atoms. The number of alkyl halides is 2. The summed E-state index contributed by atoms with van der Waals surface area (Å²) in [7, 11) is 0. The standard InChI is InChI=1S/C9H11F2IN2O2/c1-4(3-6(15)16)14-8(9(10)11)7(12)5(2)13-14/h4,9H,3H2,1-2H3,(H,15,16). The zero-order valence-corrected chi connectivity index (χ0v) is 10.9. The van der Waals surface area contributed by atoms with Crippen molar-refractivity contribution in [2.75, 3.05) is 0 Å². The summed E-state index contributed by atoms with van der Waals surface area (Å²) in [4.78, 5) is 10.5. The van der Waals surface area contributed by atoms with Gasteiger partial charge in [-0.15, -0.1) is 0 Å². The largest absolute Gasteiger partial charge is 0.481 e. The highest BCUT2D eigenvalue weighted by atomic mass is 127. The Morgan fingerprint density at radius 1 is 1.62 bits per heavy atom. The van der Waals surface area contributed by atoms with E-state index < -0.39 is 18.4 Å². The summed E-state index contributed by atoms with van der Waals surface area (Å²) in [6.45, 7) is 3.18. The summed E-state index contributed by atoms with van der Waals surface area (Å²) in [5.74, 6) is -1.03. The highest BCUT2D eigenvalue weighted by Gasteiger charge is 2.24. The van der Waals surface area contributed by atoms with Gasteiger partial charge in [0.2, 0.25) is 0 Å². The fourth-order valence-electron chi connectivity index (χ4n) is 1.42. The van der Waals surface area contributed by atoms with Crippen molar-refractivity contribution in [2.45, 2.75) is 32.7 Å². The van der Waals surface area contributed by atoms with Crippen LogP contribution in [0.15, 0.2) is 0 Å². The minimum absolute atomic E-state index is 0.202. The van der Waals surface area contributed by atoms with E-state index in [0.29, 0.717) is 9.26 Å². The molecule has 1 unspecified atom stereocenters. The highest BCUT2D eigenvalue weighted by molar-refractivity contribution is 14.1. The van der Waals surface area contributed by atoms with E-state index in [9.17, 15) is 13.6 Å². The van der Waals surface area contributed by atoms with Crippen molar-refractivity contribution in [2.24, 2.45) is 0 Å². The number of carbonyl (C=O) groups is 1. The van der Waals surface area contributed by atoms with E-state index in [2.05, 4.69) is 5.10 Å². The lowest BCUT2D eigenvalue weighted by Gasteiger charge is -2.13. The molecule has 0 aliphatic rings. The van der Waals surface area contributed by atoms with Gasteiger partial charge in [-0.1, -0.05) is 0 Å². The van der Waals surface area contributed by atoms with Crippen LogP contribution < -0.4 is 0 Å². The SMILES string of the molecule is Cc1nn(C(C)CC(=O)O)c(C(F)F)c1I. The van der Waals surface area contributed by atoms with E-state index in [0.717, 1.165) is 4.68 Å². The van der Waals surface area contributed by atoms with Crippen molar-refractivity contribution in [3.63, 3.8) is 0 Å². The number of halogens is 3. The summed E-state index contributed by atoms with van der Waals surface area (Å²) in [6.07, 6.45) is -2.87. The molecule has 1 atom stereocenters. The van der Waals surface area contributed by atoms with Gasteiger partial charge in [0, 0.05) is 0 Å². The lowest BCUT2D eigenvalue weighted by molar-refractivity contribution is -0.137. The summed E-state index contributed by atoms with van der Waals surface area (Å²) in [5.41, 5.74) is 0.292. The van der Waals surface area contributed by atoms with Crippen molar-refractivity contribution < 1.29 is 18.7 Å². The predicted octanol–water partition coefficient (Wildman–Crippen LogP) is 2.77. The van der Waals surface area contributed by atoms with Crippen molar-refractivity contribution >= 4 is 28.6 Å². The number of carboxylic acid groups (broad SMARTS) is 1. The Kier molecular flexibility index (Phi) is 4.22. The van der Waals surface area contributed by atoms with Crippen LogP contribution in [0.1, 0.15) is 37.2 Å². The first kappa shape index (κ1) is 13.3. The second-order valence-electron chi connectivity index (χ2n) is 3.48. The Morgan fingerprint density at radius 3 is 2.62 bits per heavy atom. The molecule has 0 bridgehead atoms. The van der Waals surface area contributed by atoms with E-state index >= 15 is 0 Å². The number of aliphatic carboxylic acids is 1. The van der Waals surface area contributed by atoms with Crippen molar-refractivity contribution in [1.29, 1.82) is 0 Å². The van der Waals surface area contributed by atoms with Crippen LogP contribution in [0, 0.1) is 10.5 Å². The molecule has 90 valence electrons. The monoisotopic (exact) mass is 344 g/mol. The van der Waals surface area contributed by atoms with E-state index in [-0.39, 0.29) is 12.1 Å². The minimum Gasteiger partial charge on any atom is -0.481 e. The maximum absolute atomic E-state index is 12.8. The lowest BCUT2D eigenvalue weighted by atomic mass is 10.2. The van der Waals surface area contributed by atoms with Crippen LogP contribution >= 0.6 is 22.6 Å². The third kappa shape index (κ3) is 2.69. The van der Waals surface area contributed by atoms with E-state index in [4.69, 9.17) is 5.11 Å². The molecule has 0 radical (unpaired) electrons. The average Bonchev–Trinajstić information content (AvgIpc) is 2.42. The first-order valence-electron chi connectivity index (χ1n) is 4.59. The Labute approximate surface area is 105 Å². The fourth-order valence-corrected chi connectivity index (χ4v) is 2.01. The molecule has 7 heteroatoms. The fraction of sp³-hybridized carbons (Fsp3) is 0.556. The Morgan fingerprint density at radius 2 is 2.19 bits per heavy atom.